The average Bonchev–Trinajstić information content (AvgIpc) is 1.77. The summed E-state index contributed by atoms with van der Waals surface area (Å²) in [4.78, 5) is 32.0. The summed E-state index contributed by atoms with van der Waals surface area (Å²) in [6, 6.07) is 108. The van der Waals surface area contributed by atoms with Gasteiger partial charge in [-0.25, -0.2) is 19.9 Å². The minimum Gasteiger partial charge on any atom is -0.309 e. The molecule has 94 heavy (non-hydrogen) atoms. The predicted molar refractivity (Wildman–Crippen MR) is 391 cm³/mol. The molecule has 0 N–H and O–H groups in total. The van der Waals surface area contributed by atoms with Gasteiger partial charge in [0.25, 0.3) is 0 Å². The van der Waals surface area contributed by atoms with Gasteiger partial charge in [0, 0.05) is 95.4 Å². The van der Waals surface area contributed by atoms with Crippen LogP contribution in [0.1, 0.15) is 0 Å². The van der Waals surface area contributed by atoms with E-state index >= 15 is 0 Å². The molecule has 0 atom stereocenters. The van der Waals surface area contributed by atoms with Gasteiger partial charge in [-0.05, 0) is 100 Å². The number of aromatic nitrogens is 8. The molecular formula is C84H50N8S2. The summed E-state index contributed by atoms with van der Waals surface area (Å²) >= 11 is 3.56. The third-order valence-corrected chi connectivity index (χ3v) is 20.6. The van der Waals surface area contributed by atoms with E-state index in [4.69, 9.17) is 29.9 Å². The lowest BCUT2D eigenvalue weighted by Gasteiger charge is -2.13. The summed E-state index contributed by atoms with van der Waals surface area (Å²) in [5.41, 5.74) is 16.9. The molecule has 0 saturated carbocycles. The molecule has 8 nitrogen and oxygen atoms in total. The van der Waals surface area contributed by atoms with Gasteiger partial charge in [0.1, 0.15) is 0 Å². The first kappa shape index (κ1) is 53.7. The first-order valence-electron chi connectivity index (χ1n) is 31.4. The summed E-state index contributed by atoms with van der Waals surface area (Å²) in [7, 11) is 0. The molecule has 0 bridgehead atoms. The van der Waals surface area contributed by atoms with Crippen LogP contribution in [0.25, 0.3) is 186 Å². The molecule has 0 fully saturated rings. The number of rotatable bonds is 10. The van der Waals surface area contributed by atoms with E-state index in [0.717, 1.165) is 113 Å². The molecule has 10 heteroatoms. The van der Waals surface area contributed by atoms with Crippen molar-refractivity contribution >= 4 is 107 Å². The Kier molecular flexibility index (Phi) is 12.5. The largest absolute Gasteiger partial charge is 0.309 e. The normalized spacial score (nSPS) is 11.8. The fourth-order valence-corrected chi connectivity index (χ4v) is 16.4. The quantitative estimate of drug-likeness (QED) is 0.136. The molecule has 0 aliphatic carbocycles. The Hall–Kier alpha value is -12.1. The molecule has 0 unspecified atom stereocenters. The summed E-state index contributed by atoms with van der Waals surface area (Å²) in [6.45, 7) is 0. The highest BCUT2D eigenvalue weighted by molar-refractivity contribution is 7.26. The first-order chi connectivity index (χ1) is 46.6. The maximum atomic E-state index is 5.51. The Bertz CT molecular complexity index is 6060. The number of hydrogen-bond acceptors (Lipinski definition) is 8. The third-order valence-electron chi connectivity index (χ3n) is 18.3. The van der Waals surface area contributed by atoms with Crippen LogP contribution in [0.2, 0.25) is 0 Å². The summed E-state index contributed by atoms with van der Waals surface area (Å²) < 4.78 is 9.14. The van der Waals surface area contributed by atoms with Gasteiger partial charge in [0.05, 0.1) is 22.1 Å². The number of fused-ring (bicyclic) bond motifs is 12. The Labute approximate surface area is 547 Å². The van der Waals surface area contributed by atoms with Crippen LogP contribution in [-0.2, 0) is 0 Å². The lowest BCUT2D eigenvalue weighted by atomic mass is 9.92. The molecule has 13 aromatic carbocycles. The van der Waals surface area contributed by atoms with Crippen molar-refractivity contribution in [1.29, 1.82) is 0 Å². The van der Waals surface area contributed by atoms with Gasteiger partial charge < -0.3 is 4.57 Å². The van der Waals surface area contributed by atoms with Crippen molar-refractivity contribution in [2.24, 2.45) is 0 Å². The number of hydrogen-bond donors (Lipinski definition) is 0. The zero-order valence-electron chi connectivity index (χ0n) is 50.3. The van der Waals surface area contributed by atoms with E-state index in [9.17, 15) is 0 Å². The number of benzene rings is 13. The van der Waals surface area contributed by atoms with E-state index < -0.39 is 0 Å². The smallest absolute Gasteiger partial charge is 0.238 e. The average molecular weight is 1240 g/mol. The Balaban J connectivity index is 0.787. The van der Waals surface area contributed by atoms with E-state index in [1.807, 2.05) is 36.4 Å². The first-order valence-corrected chi connectivity index (χ1v) is 33.0. The Morgan fingerprint density at radius 2 is 0.638 bits per heavy atom. The van der Waals surface area contributed by atoms with Crippen molar-refractivity contribution in [3.63, 3.8) is 0 Å². The predicted octanol–water partition coefficient (Wildman–Crippen LogP) is 22.3. The van der Waals surface area contributed by atoms with Crippen LogP contribution in [0.4, 0.5) is 0 Å². The highest BCUT2D eigenvalue weighted by Gasteiger charge is 2.24. The van der Waals surface area contributed by atoms with Crippen LogP contribution in [-0.4, -0.2) is 39.0 Å². The second-order valence-electron chi connectivity index (χ2n) is 23.7. The lowest BCUT2D eigenvalue weighted by molar-refractivity contribution is 0.954. The molecule has 19 aromatic rings. The molecule has 0 aliphatic heterocycles. The number of para-hydroxylation sites is 4. The fraction of sp³-hybridized carbons (Fsp3) is 0. The van der Waals surface area contributed by atoms with E-state index in [1.165, 1.54) is 37.5 Å². The maximum Gasteiger partial charge on any atom is 0.238 e. The van der Waals surface area contributed by atoms with Gasteiger partial charge >= 0.3 is 0 Å². The van der Waals surface area contributed by atoms with Gasteiger partial charge in [-0.1, -0.05) is 237 Å². The molecule has 0 aliphatic rings. The summed E-state index contributed by atoms with van der Waals surface area (Å²) in [5.74, 6) is 3.59. The topological polar surface area (TPSA) is 87.2 Å². The van der Waals surface area contributed by atoms with Crippen molar-refractivity contribution < 1.29 is 0 Å². The van der Waals surface area contributed by atoms with E-state index in [-0.39, 0.29) is 0 Å². The molecule has 6 aromatic heterocycles. The molecule has 0 saturated heterocycles. The zero-order chi connectivity index (χ0) is 61.8. The Morgan fingerprint density at radius 1 is 0.223 bits per heavy atom. The van der Waals surface area contributed by atoms with Gasteiger partial charge in [0.15, 0.2) is 29.1 Å². The third kappa shape index (κ3) is 8.87. The highest BCUT2D eigenvalue weighted by atomic mass is 32.1. The van der Waals surface area contributed by atoms with Gasteiger partial charge in [-0.2, -0.15) is 9.97 Å². The molecule has 0 radical (unpaired) electrons. The van der Waals surface area contributed by atoms with Crippen LogP contribution < -0.4 is 0 Å². The van der Waals surface area contributed by atoms with Crippen molar-refractivity contribution in [3.8, 4) is 102 Å². The van der Waals surface area contributed by atoms with Gasteiger partial charge in [-0.15, -0.1) is 22.7 Å². The zero-order valence-corrected chi connectivity index (χ0v) is 51.9. The molecule has 6 heterocycles. The van der Waals surface area contributed by atoms with Crippen LogP contribution >= 0.6 is 22.7 Å². The molecule has 0 amide bonds. The monoisotopic (exact) mass is 1230 g/mol. The van der Waals surface area contributed by atoms with Crippen molar-refractivity contribution in [3.05, 3.63) is 303 Å². The molecular weight excluding hydrogens is 1190 g/mol. The van der Waals surface area contributed by atoms with E-state index in [1.54, 1.807) is 22.7 Å². The van der Waals surface area contributed by atoms with Crippen LogP contribution in [0.3, 0.4) is 0 Å². The van der Waals surface area contributed by atoms with Crippen molar-refractivity contribution in [2.45, 2.75) is 0 Å². The summed E-state index contributed by atoms with van der Waals surface area (Å²) in [5, 5.41) is 9.38. The standard InChI is InChI=1S/C84H50N8S2/c1-4-21-51(22-5-1)56-27-18-28-57(47-56)58-48-69(76-66-34-20-36-68(78(66)94-75(76)49-58)82-86-79(53-23-6-2-7-24-53)85-80(87-82)54-25-8-3-9-26-54)52-41-43-55(44-42-52)81-88-83(90-84(89-81)92-72-39-16-12-31-62(72)63-32-13-17-40-73(63)92)67-35-19-33-65-64-46-45-59(50-74(64)93-77(65)67)91-70-37-14-10-29-60(70)61-30-11-15-38-71(61)91/h1-50H. The van der Waals surface area contributed by atoms with Gasteiger partial charge in [-0.3, -0.25) is 4.57 Å². The van der Waals surface area contributed by atoms with Crippen LogP contribution in [0.5, 0.6) is 0 Å². The Morgan fingerprint density at radius 3 is 1.23 bits per heavy atom. The number of thiophene rings is 2. The van der Waals surface area contributed by atoms with E-state index in [0.29, 0.717) is 35.1 Å². The van der Waals surface area contributed by atoms with Crippen LogP contribution in [0, 0.1) is 0 Å². The minimum atomic E-state index is 0.547. The van der Waals surface area contributed by atoms with E-state index in [2.05, 4.69) is 276 Å². The highest BCUT2D eigenvalue weighted by Crippen LogP contribution is 2.48. The van der Waals surface area contributed by atoms with Crippen molar-refractivity contribution in [1.82, 2.24) is 39.0 Å². The molecule has 438 valence electrons. The second kappa shape index (κ2) is 21.8. The molecule has 19 rings (SSSR count). The summed E-state index contributed by atoms with van der Waals surface area (Å²) in [6.07, 6.45) is 0. The van der Waals surface area contributed by atoms with Gasteiger partial charge in [0.2, 0.25) is 5.95 Å². The van der Waals surface area contributed by atoms with Crippen molar-refractivity contribution in [2.75, 3.05) is 0 Å². The SMILES string of the molecule is c1ccc(-c2cccc(-c3cc(-c4ccc(-c5nc(-c6cccc7c6sc6cc(-n8c9ccccc9c9ccccc98)ccc67)nc(-n6c7ccccc7c7ccccc76)n5)cc4)c4c(c3)sc3c(-c5nc(-c6ccccc6)nc(-c6ccccc6)n5)cccc34)c2)cc1. The molecule has 0 spiro atoms. The number of nitrogens with zero attached hydrogens (tertiary/aromatic N) is 8. The second-order valence-corrected chi connectivity index (χ2v) is 25.8. The fourth-order valence-electron chi connectivity index (χ4n) is 13.9. The lowest BCUT2D eigenvalue weighted by Crippen LogP contribution is -2.06. The minimum absolute atomic E-state index is 0.547. The van der Waals surface area contributed by atoms with Crippen LogP contribution in [0.15, 0.2) is 303 Å². The maximum absolute atomic E-state index is 5.51.